The molecule has 0 saturated heterocycles. The summed E-state index contributed by atoms with van der Waals surface area (Å²) in [6.45, 7) is 0. The highest BCUT2D eigenvalue weighted by Crippen LogP contribution is 2.12. The topological polar surface area (TPSA) is 79.9 Å². The molecule has 1 heterocycles. The van der Waals surface area contributed by atoms with Crippen LogP contribution in [0, 0.1) is 0 Å². The third-order valence-corrected chi connectivity index (χ3v) is 1.10. The van der Waals surface area contributed by atoms with Crippen molar-refractivity contribution in [2.24, 2.45) is 0 Å². The Labute approximate surface area is 62.6 Å². The highest BCUT2D eigenvalue weighted by atomic mass is 16.5. The SMILES string of the molecule is CNc1n[nH]c(=O)nc1OC. The molecular formula is C5H8N4O2. The molecule has 0 aliphatic heterocycles. The van der Waals surface area contributed by atoms with E-state index in [4.69, 9.17) is 4.74 Å². The number of ether oxygens (including phenoxy) is 1. The summed E-state index contributed by atoms with van der Waals surface area (Å²) in [6.07, 6.45) is 0. The Morgan fingerprint density at radius 2 is 2.36 bits per heavy atom. The van der Waals surface area contributed by atoms with Crippen molar-refractivity contribution >= 4 is 5.82 Å². The normalized spacial score (nSPS) is 9.27. The zero-order valence-electron chi connectivity index (χ0n) is 6.21. The van der Waals surface area contributed by atoms with E-state index in [-0.39, 0.29) is 5.88 Å². The number of methoxy groups -OCH3 is 1. The van der Waals surface area contributed by atoms with Crippen LogP contribution < -0.4 is 15.7 Å². The Morgan fingerprint density at radius 1 is 1.64 bits per heavy atom. The molecule has 0 fully saturated rings. The van der Waals surface area contributed by atoms with Crippen LogP contribution in [0.25, 0.3) is 0 Å². The third kappa shape index (κ3) is 1.46. The lowest BCUT2D eigenvalue weighted by atomic mass is 10.7. The van der Waals surface area contributed by atoms with Crippen LogP contribution in [0.1, 0.15) is 0 Å². The summed E-state index contributed by atoms with van der Waals surface area (Å²) in [5.74, 6) is 0.600. The third-order valence-electron chi connectivity index (χ3n) is 1.10. The van der Waals surface area contributed by atoms with E-state index in [1.165, 1.54) is 7.11 Å². The van der Waals surface area contributed by atoms with Crippen molar-refractivity contribution in [2.45, 2.75) is 0 Å². The number of H-pyrrole nitrogens is 1. The summed E-state index contributed by atoms with van der Waals surface area (Å²) in [4.78, 5) is 14.1. The van der Waals surface area contributed by atoms with E-state index < -0.39 is 5.69 Å². The van der Waals surface area contributed by atoms with Crippen LogP contribution in [-0.2, 0) is 0 Å². The summed E-state index contributed by atoms with van der Waals surface area (Å²) in [5.41, 5.74) is -0.527. The van der Waals surface area contributed by atoms with Gasteiger partial charge in [0.2, 0.25) is 5.82 Å². The maximum atomic E-state index is 10.6. The lowest BCUT2D eigenvalue weighted by molar-refractivity contribution is 0.394. The first-order valence-corrected chi connectivity index (χ1v) is 2.96. The standard InChI is InChI=1S/C5H8N4O2/c1-6-3-4(11-2)7-5(10)9-8-3/h1-2H3,(H,6,8)(H,7,9,10). The highest BCUT2D eigenvalue weighted by molar-refractivity contribution is 5.42. The maximum absolute atomic E-state index is 10.6. The summed E-state index contributed by atoms with van der Waals surface area (Å²) < 4.78 is 4.76. The smallest absolute Gasteiger partial charge is 0.364 e. The van der Waals surface area contributed by atoms with E-state index >= 15 is 0 Å². The van der Waals surface area contributed by atoms with Gasteiger partial charge in [-0.1, -0.05) is 0 Å². The summed E-state index contributed by atoms with van der Waals surface area (Å²) >= 11 is 0. The van der Waals surface area contributed by atoms with Crippen molar-refractivity contribution in [1.82, 2.24) is 15.2 Å². The largest absolute Gasteiger partial charge is 0.478 e. The molecule has 6 heteroatoms. The number of rotatable bonds is 2. The number of anilines is 1. The minimum Gasteiger partial charge on any atom is -0.478 e. The van der Waals surface area contributed by atoms with Gasteiger partial charge in [0.15, 0.2) is 0 Å². The molecule has 0 atom stereocenters. The number of nitrogens with one attached hydrogen (secondary N) is 2. The average Bonchev–Trinajstić information content (AvgIpc) is 2.04. The fourth-order valence-corrected chi connectivity index (χ4v) is 0.627. The number of hydrogen-bond acceptors (Lipinski definition) is 5. The molecule has 0 saturated carbocycles. The van der Waals surface area contributed by atoms with E-state index in [1.807, 2.05) is 0 Å². The van der Waals surface area contributed by atoms with Crippen molar-refractivity contribution in [1.29, 1.82) is 0 Å². The van der Waals surface area contributed by atoms with Crippen molar-refractivity contribution < 1.29 is 4.74 Å². The number of nitrogens with zero attached hydrogens (tertiary/aromatic N) is 2. The molecule has 0 aliphatic carbocycles. The van der Waals surface area contributed by atoms with Gasteiger partial charge in [0.1, 0.15) is 0 Å². The van der Waals surface area contributed by atoms with Crippen LogP contribution >= 0.6 is 0 Å². The van der Waals surface area contributed by atoms with E-state index in [2.05, 4.69) is 20.5 Å². The minimum absolute atomic E-state index is 0.191. The molecule has 0 amide bonds. The molecule has 0 aromatic carbocycles. The average molecular weight is 156 g/mol. The van der Waals surface area contributed by atoms with E-state index in [1.54, 1.807) is 7.05 Å². The molecule has 0 aliphatic rings. The van der Waals surface area contributed by atoms with E-state index in [9.17, 15) is 4.79 Å². The second kappa shape index (κ2) is 3.00. The predicted octanol–water partition coefficient (Wildman–Crippen LogP) is -0.785. The van der Waals surface area contributed by atoms with Gasteiger partial charge in [-0.05, 0) is 0 Å². The Balaban J connectivity index is 3.16. The van der Waals surface area contributed by atoms with Crippen molar-refractivity contribution in [3.05, 3.63) is 10.5 Å². The van der Waals surface area contributed by atoms with Crippen LogP contribution in [0.3, 0.4) is 0 Å². The van der Waals surface area contributed by atoms with Gasteiger partial charge in [-0.25, -0.2) is 9.89 Å². The quantitative estimate of drug-likeness (QED) is 0.586. The van der Waals surface area contributed by atoms with Gasteiger partial charge >= 0.3 is 5.69 Å². The molecule has 0 radical (unpaired) electrons. The zero-order valence-corrected chi connectivity index (χ0v) is 6.21. The van der Waals surface area contributed by atoms with Crippen molar-refractivity contribution in [3.63, 3.8) is 0 Å². The van der Waals surface area contributed by atoms with E-state index in [0.29, 0.717) is 5.82 Å². The number of hydrogen-bond donors (Lipinski definition) is 2. The molecule has 1 aromatic heterocycles. The zero-order chi connectivity index (χ0) is 8.27. The predicted molar refractivity (Wildman–Crippen MR) is 38.8 cm³/mol. The second-order valence-electron chi connectivity index (χ2n) is 1.75. The highest BCUT2D eigenvalue weighted by Gasteiger charge is 2.03. The lowest BCUT2D eigenvalue weighted by Gasteiger charge is -2.01. The van der Waals surface area contributed by atoms with Gasteiger partial charge in [-0.3, -0.25) is 0 Å². The second-order valence-corrected chi connectivity index (χ2v) is 1.75. The van der Waals surface area contributed by atoms with Crippen molar-refractivity contribution in [3.8, 4) is 5.88 Å². The fraction of sp³-hybridized carbons (Fsp3) is 0.400. The Hall–Kier alpha value is -1.59. The van der Waals surface area contributed by atoms with Gasteiger partial charge in [-0.15, -0.1) is 5.10 Å². The molecule has 0 unspecified atom stereocenters. The number of aromatic nitrogens is 3. The van der Waals surface area contributed by atoms with Gasteiger partial charge in [0.05, 0.1) is 7.11 Å². The molecule has 60 valence electrons. The van der Waals surface area contributed by atoms with Crippen molar-refractivity contribution in [2.75, 3.05) is 19.5 Å². The monoisotopic (exact) mass is 156 g/mol. The van der Waals surface area contributed by atoms with Crippen LogP contribution in [0.4, 0.5) is 5.82 Å². The van der Waals surface area contributed by atoms with Gasteiger partial charge < -0.3 is 10.1 Å². The first-order valence-electron chi connectivity index (χ1n) is 2.96. The molecule has 1 aromatic rings. The fourth-order valence-electron chi connectivity index (χ4n) is 0.627. The molecule has 6 nitrogen and oxygen atoms in total. The molecular weight excluding hydrogens is 148 g/mol. The Bertz CT molecular complexity index is 295. The summed E-state index contributed by atoms with van der Waals surface area (Å²) in [7, 11) is 3.08. The maximum Gasteiger partial charge on any atom is 0.364 e. The molecule has 0 spiro atoms. The molecule has 11 heavy (non-hydrogen) atoms. The van der Waals surface area contributed by atoms with Crippen LogP contribution in [0.2, 0.25) is 0 Å². The lowest BCUT2D eigenvalue weighted by Crippen LogP contribution is -2.15. The van der Waals surface area contributed by atoms with E-state index in [0.717, 1.165) is 0 Å². The van der Waals surface area contributed by atoms with Crippen LogP contribution in [0.5, 0.6) is 5.88 Å². The first-order chi connectivity index (χ1) is 5.27. The number of aromatic amines is 1. The van der Waals surface area contributed by atoms with Gasteiger partial charge in [0.25, 0.3) is 5.88 Å². The molecule has 1 rings (SSSR count). The Morgan fingerprint density at radius 3 is 2.91 bits per heavy atom. The minimum atomic E-state index is -0.527. The van der Waals surface area contributed by atoms with Gasteiger partial charge in [-0.2, -0.15) is 4.98 Å². The first kappa shape index (κ1) is 7.52. The molecule has 2 N–H and O–H groups in total. The summed E-state index contributed by atoms with van der Waals surface area (Å²) in [5, 5.41) is 8.50. The van der Waals surface area contributed by atoms with Crippen LogP contribution in [-0.4, -0.2) is 29.3 Å². The van der Waals surface area contributed by atoms with Crippen LogP contribution in [0.15, 0.2) is 4.79 Å². The summed E-state index contributed by atoms with van der Waals surface area (Å²) in [6, 6.07) is 0. The molecule has 0 bridgehead atoms. The van der Waals surface area contributed by atoms with Gasteiger partial charge in [0, 0.05) is 7.05 Å². The Kier molecular flexibility index (Phi) is 2.05.